The number of hydrogen-bond acceptors (Lipinski definition) is 3. The van der Waals surface area contributed by atoms with Gasteiger partial charge >= 0.3 is 0 Å². The first-order valence-corrected chi connectivity index (χ1v) is 10.2. The highest BCUT2D eigenvalue weighted by Crippen LogP contribution is 2.37. The van der Waals surface area contributed by atoms with Crippen molar-refractivity contribution in [3.05, 3.63) is 58.6 Å². The lowest BCUT2D eigenvalue weighted by Gasteiger charge is -2.20. The van der Waals surface area contributed by atoms with Crippen LogP contribution in [0.5, 0.6) is 5.75 Å². The van der Waals surface area contributed by atoms with Gasteiger partial charge in [-0.3, -0.25) is 9.59 Å². The third-order valence-corrected chi connectivity index (χ3v) is 5.20. The second-order valence-electron chi connectivity index (χ2n) is 8.30. The number of nitrogens with one attached hydrogen (secondary N) is 1. The lowest BCUT2D eigenvalue weighted by atomic mass is 9.87. The number of fused-ring (bicyclic) bond motifs is 1. The quantitative estimate of drug-likeness (QED) is 0.701. The van der Waals surface area contributed by atoms with Crippen LogP contribution in [0.1, 0.15) is 51.3 Å². The molecule has 2 aromatic carbocycles. The molecule has 0 saturated carbocycles. The first-order chi connectivity index (χ1) is 13.7. The Kier molecular flexibility index (Phi) is 6.18. The van der Waals surface area contributed by atoms with Gasteiger partial charge in [0, 0.05) is 29.7 Å². The predicted molar refractivity (Wildman–Crippen MR) is 116 cm³/mol. The summed E-state index contributed by atoms with van der Waals surface area (Å²) in [7, 11) is 0. The van der Waals surface area contributed by atoms with Crippen LogP contribution in [-0.2, 0) is 15.0 Å². The van der Waals surface area contributed by atoms with E-state index in [1.165, 1.54) is 12.5 Å². The van der Waals surface area contributed by atoms with Gasteiger partial charge in [-0.05, 0) is 47.7 Å². The van der Waals surface area contributed by atoms with Gasteiger partial charge < -0.3 is 15.0 Å². The van der Waals surface area contributed by atoms with Crippen LogP contribution >= 0.6 is 11.6 Å². The number of rotatable bonds is 6. The standard InChI is InChI=1S/C23H27ClN2O3/c1-15(27)25-21-19-14-17(24)8-11-20(19)26(22(21)28)12-5-13-29-18-9-6-16(7-10-18)23(2,3)4/h6-11,14,21H,5,12-13H2,1-4H3,(H,25,27)/t21-/m0/s1. The highest BCUT2D eigenvalue weighted by molar-refractivity contribution is 6.31. The summed E-state index contributed by atoms with van der Waals surface area (Å²) < 4.78 is 5.84. The van der Waals surface area contributed by atoms with E-state index in [0.717, 1.165) is 17.0 Å². The van der Waals surface area contributed by atoms with Crippen LogP contribution in [0.25, 0.3) is 0 Å². The van der Waals surface area contributed by atoms with E-state index in [4.69, 9.17) is 16.3 Å². The maximum absolute atomic E-state index is 12.8. The van der Waals surface area contributed by atoms with Crippen LogP contribution in [0.4, 0.5) is 5.69 Å². The van der Waals surface area contributed by atoms with Crippen molar-refractivity contribution < 1.29 is 14.3 Å². The van der Waals surface area contributed by atoms with Gasteiger partial charge in [0.25, 0.3) is 5.91 Å². The Morgan fingerprint density at radius 2 is 1.86 bits per heavy atom. The summed E-state index contributed by atoms with van der Waals surface area (Å²) in [4.78, 5) is 26.0. The second kappa shape index (κ2) is 8.46. The third kappa shape index (κ3) is 4.91. The minimum Gasteiger partial charge on any atom is -0.494 e. The van der Waals surface area contributed by atoms with Gasteiger partial charge in [0.1, 0.15) is 11.8 Å². The van der Waals surface area contributed by atoms with Crippen molar-refractivity contribution in [2.24, 2.45) is 0 Å². The van der Waals surface area contributed by atoms with E-state index >= 15 is 0 Å². The fraction of sp³-hybridized carbons (Fsp3) is 0.391. The maximum Gasteiger partial charge on any atom is 0.254 e. The number of carbonyl (C=O) groups excluding carboxylic acids is 2. The van der Waals surface area contributed by atoms with E-state index in [1.807, 2.05) is 18.2 Å². The SMILES string of the molecule is CC(=O)N[C@@H]1C(=O)N(CCCOc2ccc(C(C)(C)C)cc2)c2ccc(Cl)cc21. The minimum atomic E-state index is -0.688. The molecule has 6 heteroatoms. The second-order valence-corrected chi connectivity index (χ2v) is 8.74. The highest BCUT2D eigenvalue weighted by atomic mass is 35.5. The molecule has 0 radical (unpaired) electrons. The van der Waals surface area contributed by atoms with Gasteiger partial charge in [-0.2, -0.15) is 0 Å². The molecule has 1 N–H and O–H groups in total. The first-order valence-electron chi connectivity index (χ1n) is 9.78. The van der Waals surface area contributed by atoms with Crippen molar-refractivity contribution >= 4 is 29.1 Å². The molecule has 1 aliphatic heterocycles. The molecule has 5 nitrogen and oxygen atoms in total. The molecule has 154 valence electrons. The Labute approximate surface area is 177 Å². The zero-order valence-corrected chi connectivity index (χ0v) is 18.0. The number of carbonyl (C=O) groups is 2. The van der Waals surface area contributed by atoms with Gasteiger partial charge in [-0.15, -0.1) is 0 Å². The largest absolute Gasteiger partial charge is 0.494 e. The zero-order chi connectivity index (χ0) is 21.2. The van der Waals surface area contributed by atoms with E-state index in [-0.39, 0.29) is 17.2 Å². The number of amides is 2. The summed E-state index contributed by atoms with van der Waals surface area (Å²) in [6.45, 7) is 8.93. The Hall–Kier alpha value is -2.53. The summed E-state index contributed by atoms with van der Waals surface area (Å²) in [5.41, 5.74) is 2.88. The van der Waals surface area contributed by atoms with Crippen LogP contribution in [0.3, 0.4) is 0 Å². The highest BCUT2D eigenvalue weighted by Gasteiger charge is 2.37. The van der Waals surface area contributed by atoms with Crippen molar-refractivity contribution in [3.8, 4) is 5.75 Å². The zero-order valence-electron chi connectivity index (χ0n) is 17.3. The molecule has 2 aromatic rings. The Balaban J connectivity index is 1.61. The summed E-state index contributed by atoms with van der Waals surface area (Å²) in [5, 5.41) is 3.26. The molecule has 3 rings (SSSR count). The minimum absolute atomic E-state index is 0.107. The van der Waals surface area contributed by atoms with Crippen molar-refractivity contribution in [3.63, 3.8) is 0 Å². The molecule has 0 unspecified atom stereocenters. The third-order valence-electron chi connectivity index (χ3n) is 4.97. The van der Waals surface area contributed by atoms with Crippen LogP contribution in [0.15, 0.2) is 42.5 Å². The normalized spacial score (nSPS) is 16.0. The molecule has 0 aliphatic carbocycles. The van der Waals surface area contributed by atoms with E-state index in [1.54, 1.807) is 17.0 Å². The molecule has 0 saturated heterocycles. The van der Waals surface area contributed by atoms with Gasteiger partial charge in [0.2, 0.25) is 5.91 Å². The molecule has 29 heavy (non-hydrogen) atoms. The predicted octanol–water partition coefficient (Wildman–Crippen LogP) is 4.63. The fourth-order valence-electron chi connectivity index (χ4n) is 3.45. The number of nitrogens with zero attached hydrogens (tertiary/aromatic N) is 1. The van der Waals surface area contributed by atoms with Gasteiger partial charge in [0.05, 0.1) is 6.61 Å². The molecular weight excluding hydrogens is 388 g/mol. The molecular formula is C23H27ClN2O3. The Bertz CT molecular complexity index is 903. The summed E-state index contributed by atoms with van der Waals surface area (Å²) in [6.07, 6.45) is 0.668. The fourth-order valence-corrected chi connectivity index (χ4v) is 3.63. The van der Waals surface area contributed by atoms with E-state index in [9.17, 15) is 9.59 Å². The molecule has 1 heterocycles. The smallest absolute Gasteiger partial charge is 0.254 e. The average molecular weight is 415 g/mol. The lowest BCUT2D eigenvalue weighted by Crippen LogP contribution is -2.37. The van der Waals surface area contributed by atoms with Crippen LogP contribution < -0.4 is 15.0 Å². The van der Waals surface area contributed by atoms with Crippen molar-refractivity contribution in [2.45, 2.75) is 45.6 Å². The van der Waals surface area contributed by atoms with Gasteiger partial charge in [-0.25, -0.2) is 0 Å². The maximum atomic E-state index is 12.8. The van der Waals surface area contributed by atoms with Crippen molar-refractivity contribution in [1.29, 1.82) is 0 Å². The molecule has 2 amide bonds. The summed E-state index contributed by atoms with van der Waals surface area (Å²) >= 11 is 6.09. The van der Waals surface area contributed by atoms with Crippen molar-refractivity contribution in [1.82, 2.24) is 5.32 Å². The lowest BCUT2D eigenvalue weighted by molar-refractivity contribution is -0.126. The molecule has 1 atom stereocenters. The van der Waals surface area contributed by atoms with E-state index < -0.39 is 6.04 Å². The van der Waals surface area contributed by atoms with E-state index in [0.29, 0.717) is 24.6 Å². The topological polar surface area (TPSA) is 58.6 Å². The van der Waals surface area contributed by atoms with Crippen LogP contribution in [-0.4, -0.2) is 25.0 Å². The summed E-state index contributed by atoms with van der Waals surface area (Å²) in [6, 6.07) is 12.7. The first kappa shape index (κ1) is 21.2. The van der Waals surface area contributed by atoms with Crippen LogP contribution in [0.2, 0.25) is 5.02 Å². The molecule has 0 bridgehead atoms. The number of benzene rings is 2. The van der Waals surface area contributed by atoms with Gasteiger partial charge in [0.15, 0.2) is 0 Å². The number of halogens is 1. The molecule has 0 aromatic heterocycles. The van der Waals surface area contributed by atoms with Crippen molar-refractivity contribution in [2.75, 3.05) is 18.1 Å². The molecule has 0 fully saturated rings. The van der Waals surface area contributed by atoms with E-state index in [2.05, 4.69) is 38.2 Å². The van der Waals surface area contributed by atoms with Crippen LogP contribution in [0, 0.1) is 0 Å². The molecule has 0 spiro atoms. The number of anilines is 1. The monoisotopic (exact) mass is 414 g/mol. The Morgan fingerprint density at radius 1 is 1.17 bits per heavy atom. The number of ether oxygens (including phenoxy) is 1. The molecule has 1 aliphatic rings. The summed E-state index contributed by atoms with van der Waals surface area (Å²) in [5.74, 6) is 0.416. The van der Waals surface area contributed by atoms with Gasteiger partial charge in [-0.1, -0.05) is 44.5 Å². The Morgan fingerprint density at radius 3 is 2.48 bits per heavy atom. The average Bonchev–Trinajstić information content (AvgIpc) is 2.89. The number of hydrogen-bond donors (Lipinski definition) is 1.